The standard InChI is InChI=1S/C16H31N5O2.HI/c1-4-17-16(19-10-8-14(22)20-13(2)3)18-9-6-12-21-11-5-7-15(21)23;/h13H,4-12H2,1-3H3,(H,20,22)(H2,17,18,19);1H. The first-order valence-corrected chi connectivity index (χ1v) is 8.62. The van der Waals surface area contributed by atoms with Crippen LogP contribution in [0.2, 0.25) is 0 Å². The summed E-state index contributed by atoms with van der Waals surface area (Å²) in [5.41, 5.74) is 0. The Bertz CT molecular complexity index is 415. The number of amides is 2. The van der Waals surface area contributed by atoms with Crippen LogP contribution in [0.5, 0.6) is 0 Å². The third-order valence-corrected chi connectivity index (χ3v) is 3.47. The minimum atomic E-state index is 0. The molecule has 1 fully saturated rings. The average Bonchev–Trinajstić information content (AvgIpc) is 2.88. The fraction of sp³-hybridized carbons (Fsp3) is 0.812. The van der Waals surface area contributed by atoms with Crippen LogP contribution in [0.1, 0.15) is 46.5 Å². The third-order valence-electron chi connectivity index (χ3n) is 3.47. The molecule has 1 saturated heterocycles. The lowest BCUT2D eigenvalue weighted by Gasteiger charge is -2.15. The Balaban J connectivity index is 0.00000529. The summed E-state index contributed by atoms with van der Waals surface area (Å²) in [5.74, 6) is 1.02. The smallest absolute Gasteiger partial charge is 0.222 e. The molecule has 7 nitrogen and oxygen atoms in total. The number of aliphatic imine (C=N–C) groups is 1. The zero-order chi connectivity index (χ0) is 17.1. The van der Waals surface area contributed by atoms with Gasteiger partial charge in [-0.3, -0.25) is 14.6 Å². The highest BCUT2D eigenvalue weighted by molar-refractivity contribution is 14.0. The van der Waals surface area contributed by atoms with Crippen molar-refractivity contribution in [3.05, 3.63) is 0 Å². The molecule has 24 heavy (non-hydrogen) atoms. The molecular weight excluding hydrogens is 421 g/mol. The van der Waals surface area contributed by atoms with Gasteiger partial charge in [-0.25, -0.2) is 0 Å². The number of hydrogen-bond donors (Lipinski definition) is 3. The third kappa shape index (κ3) is 9.94. The fourth-order valence-corrected chi connectivity index (χ4v) is 2.42. The zero-order valence-corrected chi connectivity index (χ0v) is 17.4. The molecule has 1 aliphatic rings. The molecule has 8 heteroatoms. The Morgan fingerprint density at radius 3 is 2.67 bits per heavy atom. The summed E-state index contributed by atoms with van der Waals surface area (Å²) in [6.07, 6.45) is 2.94. The lowest BCUT2D eigenvalue weighted by atomic mass is 10.3. The van der Waals surface area contributed by atoms with Gasteiger partial charge in [-0.15, -0.1) is 24.0 Å². The first-order valence-electron chi connectivity index (χ1n) is 8.62. The van der Waals surface area contributed by atoms with Gasteiger partial charge >= 0.3 is 0 Å². The van der Waals surface area contributed by atoms with Crippen LogP contribution in [0, 0.1) is 0 Å². The maximum absolute atomic E-state index is 11.6. The van der Waals surface area contributed by atoms with E-state index < -0.39 is 0 Å². The Kier molecular flexibility index (Phi) is 12.7. The second kappa shape index (κ2) is 13.3. The van der Waals surface area contributed by atoms with E-state index in [0.29, 0.717) is 25.9 Å². The molecule has 0 unspecified atom stereocenters. The SMILES string of the molecule is CCNC(=NCCCN1CCCC1=O)NCCC(=O)NC(C)C.I. The highest BCUT2D eigenvalue weighted by atomic mass is 127. The minimum absolute atomic E-state index is 0. The van der Waals surface area contributed by atoms with Crippen molar-refractivity contribution in [3.8, 4) is 0 Å². The number of guanidine groups is 1. The Labute approximate surface area is 162 Å². The van der Waals surface area contributed by atoms with Crippen molar-refractivity contribution in [3.63, 3.8) is 0 Å². The molecule has 0 aromatic heterocycles. The van der Waals surface area contributed by atoms with Gasteiger partial charge in [0.05, 0.1) is 0 Å². The van der Waals surface area contributed by atoms with Crippen molar-refractivity contribution in [1.82, 2.24) is 20.9 Å². The van der Waals surface area contributed by atoms with Crippen molar-refractivity contribution in [1.29, 1.82) is 0 Å². The van der Waals surface area contributed by atoms with Crippen LogP contribution < -0.4 is 16.0 Å². The van der Waals surface area contributed by atoms with Crippen molar-refractivity contribution < 1.29 is 9.59 Å². The minimum Gasteiger partial charge on any atom is -0.357 e. The van der Waals surface area contributed by atoms with Gasteiger partial charge in [-0.05, 0) is 33.6 Å². The van der Waals surface area contributed by atoms with Gasteiger partial charge in [0.25, 0.3) is 0 Å². The van der Waals surface area contributed by atoms with E-state index in [1.54, 1.807) is 0 Å². The van der Waals surface area contributed by atoms with Crippen molar-refractivity contribution in [2.24, 2.45) is 4.99 Å². The summed E-state index contributed by atoms with van der Waals surface area (Å²) in [7, 11) is 0. The Hall–Kier alpha value is -1.06. The summed E-state index contributed by atoms with van der Waals surface area (Å²) < 4.78 is 0. The highest BCUT2D eigenvalue weighted by Crippen LogP contribution is 2.09. The van der Waals surface area contributed by atoms with E-state index in [4.69, 9.17) is 0 Å². The molecule has 0 radical (unpaired) electrons. The fourth-order valence-electron chi connectivity index (χ4n) is 2.42. The lowest BCUT2D eigenvalue weighted by molar-refractivity contribution is -0.127. The normalized spacial score (nSPS) is 14.6. The van der Waals surface area contributed by atoms with Gasteiger partial charge in [-0.1, -0.05) is 0 Å². The zero-order valence-electron chi connectivity index (χ0n) is 15.1. The quantitative estimate of drug-likeness (QED) is 0.211. The van der Waals surface area contributed by atoms with E-state index in [-0.39, 0.29) is 41.8 Å². The number of nitrogens with one attached hydrogen (secondary N) is 3. The van der Waals surface area contributed by atoms with E-state index in [9.17, 15) is 9.59 Å². The molecule has 0 atom stereocenters. The molecule has 2 amide bonds. The molecule has 0 aromatic rings. The largest absolute Gasteiger partial charge is 0.357 e. The molecule has 1 heterocycles. The second-order valence-corrected chi connectivity index (χ2v) is 6.00. The first kappa shape index (κ1) is 22.9. The first-order chi connectivity index (χ1) is 11.0. The van der Waals surface area contributed by atoms with E-state index in [1.165, 1.54) is 0 Å². The van der Waals surface area contributed by atoms with Crippen LogP contribution in [0.25, 0.3) is 0 Å². The van der Waals surface area contributed by atoms with Crippen molar-refractivity contribution >= 4 is 41.8 Å². The van der Waals surface area contributed by atoms with Crippen LogP contribution in [0.3, 0.4) is 0 Å². The summed E-state index contributed by atoms with van der Waals surface area (Å²) in [4.78, 5) is 29.5. The molecular formula is C16H32IN5O2. The highest BCUT2D eigenvalue weighted by Gasteiger charge is 2.18. The monoisotopic (exact) mass is 453 g/mol. The maximum atomic E-state index is 11.6. The van der Waals surface area contributed by atoms with Gasteiger partial charge in [0.1, 0.15) is 0 Å². The number of carbonyl (C=O) groups is 2. The topological polar surface area (TPSA) is 85.8 Å². The Morgan fingerprint density at radius 2 is 2.08 bits per heavy atom. The van der Waals surface area contributed by atoms with Gasteiger partial charge in [0.15, 0.2) is 5.96 Å². The van der Waals surface area contributed by atoms with Gasteiger partial charge < -0.3 is 20.9 Å². The summed E-state index contributed by atoms with van der Waals surface area (Å²) in [6, 6.07) is 0.165. The van der Waals surface area contributed by atoms with Crippen LogP contribution in [-0.2, 0) is 9.59 Å². The van der Waals surface area contributed by atoms with Crippen molar-refractivity contribution in [2.75, 3.05) is 32.7 Å². The predicted octanol–water partition coefficient (Wildman–Crippen LogP) is 1.09. The van der Waals surface area contributed by atoms with E-state index >= 15 is 0 Å². The van der Waals surface area contributed by atoms with E-state index in [1.807, 2.05) is 25.7 Å². The van der Waals surface area contributed by atoms with Crippen LogP contribution in [-0.4, -0.2) is 61.4 Å². The van der Waals surface area contributed by atoms with Gasteiger partial charge in [0.2, 0.25) is 11.8 Å². The molecule has 0 saturated carbocycles. The number of likely N-dealkylation sites (tertiary alicyclic amines) is 1. The van der Waals surface area contributed by atoms with Crippen molar-refractivity contribution in [2.45, 2.75) is 52.5 Å². The summed E-state index contributed by atoms with van der Waals surface area (Å²) >= 11 is 0. The molecule has 0 spiro atoms. The van der Waals surface area contributed by atoms with Gasteiger partial charge in [0, 0.05) is 51.6 Å². The number of hydrogen-bond acceptors (Lipinski definition) is 3. The molecule has 0 aliphatic carbocycles. The summed E-state index contributed by atoms with van der Waals surface area (Å²) in [6.45, 7) is 9.54. The Morgan fingerprint density at radius 1 is 1.33 bits per heavy atom. The van der Waals surface area contributed by atoms with Crippen LogP contribution in [0.15, 0.2) is 4.99 Å². The molecule has 0 aromatic carbocycles. The summed E-state index contributed by atoms with van der Waals surface area (Å²) in [5, 5.41) is 9.18. The number of carbonyl (C=O) groups excluding carboxylic acids is 2. The second-order valence-electron chi connectivity index (χ2n) is 6.00. The van der Waals surface area contributed by atoms with E-state index in [2.05, 4.69) is 20.9 Å². The molecule has 140 valence electrons. The molecule has 1 rings (SSSR count). The molecule has 3 N–H and O–H groups in total. The average molecular weight is 453 g/mol. The molecule has 1 aliphatic heterocycles. The van der Waals surface area contributed by atoms with Gasteiger partial charge in [-0.2, -0.15) is 0 Å². The van der Waals surface area contributed by atoms with E-state index in [0.717, 1.165) is 38.4 Å². The lowest BCUT2D eigenvalue weighted by Crippen LogP contribution is -2.40. The predicted molar refractivity (Wildman–Crippen MR) is 108 cm³/mol. The van der Waals surface area contributed by atoms with Crippen LogP contribution in [0.4, 0.5) is 0 Å². The number of nitrogens with zero attached hydrogens (tertiary/aromatic N) is 2. The number of halogens is 1. The maximum Gasteiger partial charge on any atom is 0.222 e. The van der Waals surface area contributed by atoms with Crippen LogP contribution >= 0.6 is 24.0 Å². The molecule has 0 bridgehead atoms. The number of rotatable bonds is 9.